The third kappa shape index (κ3) is 5.02. The molecule has 2 aromatic heterocycles. The van der Waals surface area contributed by atoms with Crippen molar-refractivity contribution in [2.75, 3.05) is 31.1 Å². The van der Waals surface area contributed by atoms with Gasteiger partial charge in [0.25, 0.3) is 12.3 Å². The molecule has 37 heavy (non-hydrogen) atoms. The van der Waals surface area contributed by atoms with E-state index in [0.29, 0.717) is 17.3 Å². The maximum Gasteiger partial charge on any atom is 0.266 e. The molecule has 0 saturated carbocycles. The fourth-order valence-corrected chi connectivity index (χ4v) is 5.67. The van der Waals surface area contributed by atoms with Gasteiger partial charge in [0.1, 0.15) is 12.1 Å². The van der Waals surface area contributed by atoms with Crippen LogP contribution in [-0.4, -0.2) is 68.8 Å². The summed E-state index contributed by atoms with van der Waals surface area (Å²) in [6.07, 6.45) is 4.05. The number of fused-ring (bicyclic) bond motifs is 1. The number of carbonyl (C=O) groups is 1. The van der Waals surface area contributed by atoms with Gasteiger partial charge in [-0.3, -0.25) is 9.69 Å². The molecule has 8 nitrogen and oxygen atoms in total. The summed E-state index contributed by atoms with van der Waals surface area (Å²) < 4.78 is 42.4. The molecule has 1 aromatic carbocycles. The number of rotatable bonds is 7. The van der Waals surface area contributed by atoms with Gasteiger partial charge in [0.15, 0.2) is 5.65 Å². The van der Waals surface area contributed by atoms with Gasteiger partial charge >= 0.3 is 0 Å². The van der Waals surface area contributed by atoms with Gasteiger partial charge in [-0.05, 0) is 45.2 Å². The van der Waals surface area contributed by atoms with Gasteiger partial charge in [-0.15, -0.1) is 0 Å². The normalized spacial score (nSPS) is 20.2. The second-order valence-corrected chi connectivity index (χ2v) is 9.82. The van der Waals surface area contributed by atoms with Crippen molar-refractivity contribution in [3.63, 3.8) is 0 Å². The first kappa shape index (κ1) is 25.5. The highest BCUT2D eigenvalue weighted by Gasteiger charge is 2.33. The number of alkyl halides is 2. The van der Waals surface area contributed by atoms with Crippen LogP contribution >= 0.6 is 0 Å². The highest BCUT2D eigenvalue weighted by molar-refractivity contribution is 5.96. The average molecular weight is 517 g/mol. The maximum atomic E-state index is 14.6. The van der Waals surface area contributed by atoms with Crippen LogP contribution in [0.3, 0.4) is 0 Å². The minimum Gasteiger partial charge on any atom is -0.395 e. The van der Waals surface area contributed by atoms with E-state index < -0.39 is 29.8 Å². The zero-order chi connectivity index (χ0) is 26.1. The lowest BCUT2D eigenvalue weighted by molar-refractivity contribution is 0.0938. The van der Waals surface area contributed by atoms with E-state index in [9.17, 15) is 23.1 Å². The molecule has 3 aromatic rings. The van der Waals surface area contributed by atoms with E-state index >= 15 is 0 Å². The van der Waals surface area contributed by atoms with E-state index in [4.69, 9.17) is 0 Å². The van der Waals surface area contributed by atoms with Gasteiger partial charge in [0.05, 0.1) is 29.5 Å². The quantitative estimate of drug-likeness (QED) is 0.498. The van der Waals surface area contributed by atoms with E-state index in [1.165, 1.54) is 18.5 Å². The summed E-state index contributed by atoms with van der Waals surface area (Å²) in [6.45, 7) is 4.30. The van der Waals surface area contributed by atoms with E-state index in [0.717, 1.165) is 57.1 Å². The molecule has 2 atom stereocenters. The van der Waals surface area contributed by atoms with Gasteiger partial charge in [-0.2, -0.15) is 5.10 Å². The number of carbonyl (C=O) groups excluding carboxylic acids is 1. The number of piperidine rings is 1. The van der Waals surface area contributed by atoms with Crippen molar-refractivity contribution >= 4 is 17.2 Å². The topological polar surface area (TPSA) is 86.0 Å². The van der Waals surface area contributed by atoms with Gasteiger partial charge in [0.2, 0.25) is 0 Å². The summed E-state index contributed by atoms with van der Waals surface area (Å²) in [5.41, 5.74) is 1.04. The number of nitrogens with one attached hydrogen (secondary N) is 1. The van der Waals surface area contributed by atoms with Crippen LogP contribution in [-0.2, 0) is 0 Å². The van der Waals surface area contributed by atoms with Crippen molar-refractivity contribution in [1.82, 2.24) is 24.8 Å². The number of pyridine rings is 1. The van der Waals surface area contributed by atoms with Crippen LogP contribution in [0.4, 0.5) is 18.9 Å². The number of aromatic nitrogens is 3. The molecule has 0 bridgehead atoms. The molecular weight excluding hydrogens is 485 g/mol. The summed E-state index contributed by atoms with van der Waals surface area (Å²) in [6, 6.07) is 5.37. The van der Waals surface area contributed by atoms with Crippen LogP contribution in [0, 0.1) is 5.82 Å². The number of aliphatic hydroxyl groups excluding tert-OH is 1. The van der Waals surface area contributed by atoms with E-state index in [-0.39, 0.29) is 18.2 Å². The first-order chi connectivity index (χ1) is 17.9. The molecule has 0 radical (unpaired) electrons. The number of benzene rings is 1. The average Bonchev–Trinajstić information content (AvgIpc) is 3.57. The summed E-state index contributed by atoms with van der Waals surface area (Å²) in [5.74, 6) is -1.48. The molecule has 1 amide bonds. The predicted molar refractivity (Wildman–Crippen MR) is 132 cm³/mol. The third-order valence-electron chi connectivity index (χ3n) is 7.63. The fourth-order valence-electron chi connectivity index (χ4n) is 5.67. The smallest absolute Gasteiger partial charge is 0.266 e. The highest BCUT2D eigenvalue weighted by atomic mass is 19.3. The first-order valence-electron chi connectivity index (χ1n) is 12.7. The van der Waals surface area contributed by atoms with Gasteiger partial charge in [-0.25, -0.2) is 22.7 Å². The lowest BCUT2D eigenvalue weighted by Gasteiger charge is -2.40. The molecule has 0 aliphatic carbocycles. The molecule has 2 N–H and O–H groups in total. The molecule has 0 unspecified atom stereocenters. The molecule has 2 aliphatic heterocycles. The second-order valence-electron chi connectivity index (χ2n) is 9.82. The molecule has 2 saturated heterocycles. The van der Waals surface area contributed by atoms with Crippen LogP contribution in [0.15, 0.2) is 36.8 Å². The Balaban J connectivity index is 1.33. The number of anilines is 1. The van der Waals surface area contributed by atoms with Crippen LogP contribution < -0.4 is 10.2 Å². The fraction of sp³-hybridized carbons (Fsp3) is 0.500. The minimum atomic E-state index is -2.94. The van der Waals surface area contributed by atoms with Crippen LogP contribution in [0.2, 0.25) is 0 Å². The maximum absolute atomic E-state index is 14.6. The molecule has 11 heteroatoms. The molecule has 198 valence electrons. The van der Waals surface area contributed by atoms with Gasteiger partial charge in [-0.1, -0.05) is 18.2 Å². The summed E-state index contributed by atoms with van der Waals surface area (Å²) in [5, 5.41) is 16.6. The summed E-state index contributed by atoms with van der Waals surface area (Å²) in [4.78, 5) is 22.2. The Labute approximate surface area is 213 Å². The highest BCUT2D eigenvalue weighted by Crippen LogP contribution is 2.31. The lowest BCUT2D eigenvalue weighted by atomic mass is 10.0. The van der Waals surface area contributed by atoms with E-state index in [2.05, 4.69) is 25.2 Å². The number of hydrogen-bond donors (Lipinski definition) is 2. The Hall–Kier alpha value is -3.18. The minimum absolute atomic E-state index is 0.00150. The SMILES string of the molecule is C[C@@H](NC(=O)c1cc(N2CCC(N3CCC[C@H]3CO)CC2)c2ncnn2c1)c1cccc(C(F)F)c1F. The van der Waals surface area contributed by atoms with Gasteiger partial charge in [0, 0.05) is 36.9 Å². The Bertz CT molecular complexity index is 1260. The molecule has 5 rings (SSSR count). The van der Waals surface area contributed by atoms with Gasteiger partial charge < -0.3 is 15.3 Å². The number of amides is 1. The molecule has 4 heterocycles. The molecule has 2 aliphatic rings. The van der Waals surface area contributed by atoms with E-state index in [1.807, 2.05) is 0 Å². The van der Waals surface area contributed by atoms with Crippen molar-refractivity contribution < 1.29 is 23.1 Å². The first-order valence-corrected chi connectivity index (χ1v) is 12.7. The monoisotopic (exact) mass is 516 g/mol. The Morgan fingerprint density at radius 3 is 2.68 bits per heavy atom. The van der Waals surface area contributed by atoms with E-state index in [1.54, 1.807) is 23.7 Å². The number of halogens is 3. The van der Waals surface area contributed by atoms with Crippen molar-refractivity contribution in [2.45, 2.75) is 57.2 Å². The predicted octanol–water partition coefficient (Wildman–Crippen LogP) is 3.72. The van der Waals surface area contributed by atoms with Crippen molar-refractivity contribution in [3.8, 4) is 0 Å². The van der Waals surface area contributed by atoms with Crippen LogP contribution in [0.25, 0.3) is 5.65 Å². The number of likely N-dealkylation sites (tertiary alicyclic amines) is 1. The largest absolute Gasteiger partial charge is 0.395 e. The number of aliphatic hydroxyl groups is 1. The standard InChI is InChI=1S/C26H31F3N6O2/c1-16(20-5-2-6-21(23(20)27)24(28)29)32-26(37)17-12-22(25-30-15-31-35(25)13-17)33-10-7-18(8-11-33)34-9-3-4-19(34)14-36/h2,5-6,12-13,15-16,18-19,24,36H,3-4,7-11,14H2,1H3,(H,32,37)/t16-,19+/m1/s1. The third-order valence-corrected chi connectivity index (χ3v) is 7.63. The Morgan fingerprint density at radius 2 is 1.95 bits per heavy atom. The second kappa shape index (κ2) is 10.7. The zero-order valence-electron chi connectivity index (χ0n) is 20.7. The van der Waals surface area contributed by atoms with Crippen molar-refractivity contribution in [1.29, 1.82) is 0 Å². The molecule has 2 fully saturated rings. The number of nitrogens with zero attached hydrogens (tertiary/aromatic N) is 5. The molecular formula is C26H31F3N6O2. The Kier molecular flexibility index (Phi) is 7.34. The van der Waals surface area contributed by atoms with Crippen LogP contribution in [0.1, 0.15) is 66.6 Å². The summed E-state index contributed by atoms with van der Waals surface area (Å²) in [7, 11) is 0. The zero-order valence-corrected chi connectivity index (χ0v) is 20.7. The van der Waals surface area contributed by atoms with Crippen LogP contribution in [0.5, 0.6) is 0 Å². The number of hydrogen-bond acceptors (Lipinski definition) is 6. The molecule has 0 spiro atoms. The Morgan fingerprint density at radius 1 is 1.19 bits per heavy atom. The van der Waals surface area contributed by atoms with Crippen molar-refractivity contribution in [3.05, 3.63) is 59.3 Å². The lowest BCUT2D eigenvalue weighted by Crippen LogP contribution is -2.47. The summed E-state index contributed by atoms with van der Waals surface area (Å²) >= 11 is 0. The van der Waals surface area contributed by atoms with Crippen molar-refractivity contribution in [2.24, 2.45) is 0 Å².